The molecule has 1 N–H and O–H groups in total. The van der Waals surface area contributed by atoms with E-state index in [9.17, 15) is 9.90 Å². The van der Waals surface area contributed by atoms with E-state index in [4.69, 9.17) is 9.84 Å². The monoisotopic (exact) mass is 494 g/mol. The van der Waals surface area contributed by atoms with Crippen LogP contribution < -0.4 is 4.74 Å². The summed E-state index contributed by atoms with van der Waals surface area (Å²) >= 11 is 0. The Kier molecular flexibility index (Phi) is 6.22. The summed E-state index contributed by atoms with van der Waals surface area (Å²) in [7, 11) is 0. The topological polar surface area (TPSA) is 80.5 Å². The first-order valence-electron chi connectivity index (χ1n) is 12.9. The molecule has 1 aliphatic carbocycles. The number of amides is 1. The zero-order valence-electron chi connectivity index (χ0n) is 20.9. The van der Waals surface area contributed by atoms with E-state index in [1.807, 2.05) is 36.4 Å². The first kappa shape index (κ1) is 23.4. The number of β-amino-alcohol motifs (C(OH)–C–C–N with tert-alkyl or cyclic N) is 1. The van der Waals surface area contributed by atoms with Gasteiger partial charge >= 0.3 is 0 Å². The van der Waals surface area contributed by atoms with Gasteiger partial charge in [-0.25, -0.2) is 0 Å². The Morgan fingerprint density at radius 1 is 0.973 bits per heavy atom. The molecule has 1 fully saturated rings. The van der Waals surface area contributed by atoms with Gasteiger partial charge in [0, 0.05) is 36.6 Å². The lowest BCUT2D eigenvalue weighted by atomic mass is 9.98. The zero-order chi connectivity index (χ0) is 25.4. The number of ether oxygens (including phenoxy) is 1. The molecule has 0 saturated heterocycles. The van der Waals surface area contributed by atoms with Gasteiger partial charge in [-0.05, 0) is 66.6 Å². The molecular weight excluding hydrogens is 464 g/mol. The Hall–Kier alpha value is -3.97. The lowest BCUT2D eigenvalue weighted by Crippen LogP contribution is -2.43. The molecule has 1 unspecified atom stereocenters. The highest BCUT2D eigenvalue weighted by atomic mass is 16.5. The SMILES string of the molecule is CC(O)CN1CCn2nc(-c3ccncc3)c(-c3ccc(OCc4ccc(C5CC5)cc4)cc3)c2C1=O. The smallest absolute Gasteiger partial charge is 0.272 e. The molecule has 6 rings (SSSR count). The molecule has 0 radical (unpaired) electrons. The highest BCUT2D eigenvalue weighted by molar-refractivity contribution is 6.03. The lowest BCUT2D eigenvalue weighted by Gasteiger charge is -2.29. The fourth-order valence-corrected chi connectivity index (χ4v) is 4.97. The van der Waals surface area contributed by atoms with Crippen molar-refractivity contribution in [3.8, 4) is 28.1 Å². The summed E-state index contributed by atoms with van der Waals surface area (Å²) in [5, 5.41) is 14.7. The standard InChI is InChI=1S/C30H30N4O3/c1-20(35)18-33-16-17-34-29(30(33)36)27(28(32-34)25-12-14-31-15-13-25)24-8-10-26(11-9-24)37-19-21-2-4-22(5-3-21)23-6-7-23/h2-5,8-15,20,23,35H,6-7,16-19H2,1H3. The van der Waals surface area contributed by atoms with E-state index in [0.717, 1.165) is 39.6 Å². The number of hydrogen-bond donors (Lipinski definition) is 1. The normalized spacial score (nSPS) is 15.9. The molecule has 2 aromatic carbocycles. The summed E-state index contributed by atoms with van der Waals surface area (Å²) in [5.74, 6) is 1.40. The van der Waals surface area contributed by atoms with Gasteiger partial charge in [-0.2, -0.15) is 5.10 Å². The third-order valence-corrected chi connectivity index (χ3v) is 7.04. The van der Waals surface area contributed by atoms with Crippen LogP contribution in [0.25, 0.3) is 22.4 Å². The van der Waals surface area contributed by atoms with E-state index in [2.05, 4.69) is 29.2 Å². The van der Waals surface area contributed by atoms with Crippen LogP contribution in [0.2, 0.25) is 0 Å². The third-order valence-electron chi connectivity index (χ3n) is 7.04. The number of aromatic nitrogens is 3. The summed E-state index contributed by atoms with van der Waals surface area (Å²) in [4.78, 5) is 19.3. The molecule has 1 aliphatic heterocycles. The predicted molar refractivity (Wildman–Crippen MR) is 141 cm³/mol. The van der Waals surface area contributed by atoms with E-state index >= 15 is 0 Å². The largest absolute Gasteiger partial charge is 0.489 e. The Morgan fingerprint density at radius 2 is 1.70 bits per heavy atom. The van der Waals surface area contributed by atoms with Crippen molar-refractivity contribution in [2.45, 2.75) is 44.9 Å². The van der Waals surface area contributed by atoms with E-state index in [1.165, 1.54) is 18.4 Å². The molecular formula is C30H30N4O3. The number of carbonyl (C=O) groups excluding carboxylic acids is 1. The van der Waals surface area contributed by atoms with Crippen molar-refractivity contribution < 1.29 is 14.6 Å². The third kappa shape index (κ3) is 4.87. The quantitative estimate of drug-likeness (QED) is 0.377. The molecule has 0 spiro atoms. The maximum absolute atomic E-state index is 13.5. The first-order chi connectivity index (χ1) is 18.1. The minimum Gasteiger partial charge on any atom is -0.489 e. The fraction of sp³-hybridized carbons (Fsp3) is 0.300. The van der Waals surface area contributed by atoms with Crippen molar-refractivity contribution in [3.05, 3.63) is 89.9 Å². The average molecular weight is 495 g/mol. The van der Waals surface area contributed by atoms with Crippen molar-refractivity contribution in [1.29, 1.82) is 0 Å². The molecule has 188 valence electrons. The minimum absolute atomic E-state index is 0.120. The second kappa shape index (κ2) is 9.82. The summed E-state index contributed by atoms with van der Waals surface area (Å²) in [6.45, 7) is 3.59. The van der Waals surface area contributed by atoms with Crippen LogP contribution >= 0.6 is 0 Å². The summed E-state index contributed by atoms with van der Waals surface area (Å²) in [6, 6.07) is 20.4. The highest BCUT2D eigenvalue weighted by Crippen LogP contribution is 2.40. The number of rotatable bonds is 8. The zero-order valence-corrected chi connectivity index (χ0v) is 20.9. The van der Waals surface area contributed by atoms with Gasteiger partial charge in [0.15, 0.2) is 0 Å². The summed E-state index contributed by atoms with van der Waals surface area (Å²) < 4.78 is 7.85. The van der Waals surface area contributed by atoms with Gasteiger partial charge in [0.1, 0.15) is 23.7 Å². The number of pyridine rings is 1. The van der Waals surface area contributed by atoms with Crippen LogP contribution in [-0.2, 0) is 13.2 Å². The van der Waals surface area contributed by atoms with Gasteiger partial charge in [0.25, 0.3) is 5.91 Å². The second-order valence-corrected chi connectivity index (χ2v) is 9.96. The van der Waals surface area contributed by atoms with Crippen LogP contribution in [0, 0.1) is 0 Å². The Bertz CT molecular complexity index is 1390. The molecule has 1 amide bonds. The molecule has 2 aromatic heterocycles. The molecule has 4 aromatic rings. The lowest BCUT2D eigenvalue weighted by molar-refractivity contribution is 0.0584. The number of carbonyl (C=O) groups is 1. The molecule has 37 heavy (non-hydrogen) atoms. The van der Waals surface area contributed by atoms with Crippen molar-refractivity contribution in [2.24, 2.45) is 0 Å². The molecule has 3 heterocycles. The Labute approximate surface area is 216 Å². The number of fused-ring (bicyclic) bond motifs is 1. The first-order valence-corrected chi connectivity index (χ1v) is 12.9. The van der Waals surface area contributed by atoms with E-state index < -0.39 is 6.10 Å². The van der Waals surface area contributed by atoms with Crippen molar-refractivity contribution in [3.63, 3.8) is 0 Å². The number of aliphatic hydroxyl groups is 1. The summed E-state index contributed by atoms with van der Waals surface area (Å²) in [6.07, 6.45) is 5.47. The van der Waals surface area contributed by atoms with Crippen LogP contribution in [-0.4, -0.2) is 49.9 Å². The molecule has 2 aliphatic rings. The van der Waals surface area contributed by atoms with Crippen LogP contribution in [0.1, 0.15) is 47.3 Å². The number of benzene rings is 2. The highest BCUT2D eigenvalue weighted by Gasteiger charge is 2.32. The van der Waals surface area contributed by atoms with E-state index in [0.29, 0.717) is 31.9 Å². The minimum atomic E-state index is -0.595. The molecule has 0 bridgehead atoms. The van der Waals surface area contributed by atoms with Crippen molar-refractivity contribution in [2.75, 3.05) is 13.1 Å². The molecule has 1 saturated carbocycles. The van der Waals surface area contributed by atoms with Gasteiger partial charge in [-0.1, -0.05) is 36.4 Å². The predicted octanol–water partition coefficient (Wildman–Crippen LogP) is 4.91. The van der Waals surface area contributed by atoms with Crippen molar-refractivity contribution in [1.82, 2.24) is 19.7 Å². The van der Waals surface area contributed by atoms with Crippen LogP contribution in [0.15, 0.2) is 73.1 Å². The Balaban J connectivity index is 1.28. The maximum Gasteiger partial charge on any atom is 0.272 e. The van der Waals surface area contributed by atoms with Crippen molar-refractivity contribution >= 4 is 5.91 Å². The van der Waals surface area contributed by atoms with Crippen LogP contribution in [0.4, 0.5) is 0 Å². The molecule has 1 atom stereocenters. The number of nitrogens with zero attached hydrogens (tertiary/aromatic N) is 4. The fourth-order valence-electron chi connectivity index (χ4n) is 4.97. The maximum atomic E-state index is 13.5. The molecule has 7 nitrogen and oxygen atoms in total. The molecule has 7 heteroatoms. The van der Waals surface area contributed by atoms with Crippen LogP contribution in [0.5, 0.6) is 5.75 Å². The van der Waals surface area contributed by atoms with Gasteiger partial charge < -0.3 is 14.7 Å². The van der Waals surface area contributed by atoms with Gasteiger partial charge in [-0.15, -0.1) is 0 Å². The van der Waals surface area contributed by atoms with E-state index in [-0.39, 0.29) is 5.91 Å². The van der Waals surface area contributed by atoms with E-state index in [1.54, 1.807) is 28.9 Å². The van der Waals surface area contributed by atoms with Gasteiger partial charge in [-0.3, -0.25) is 14.5 Å². The van der Waals surface area contributed by atoms with Gasteiger partial charge in [0.05, 0.1) is 12.6 Å². The van der Waals surface area contributed by atoms with Crippen LogP contribution in [0.3, 0.4) is 0 Å². The summed E-state index contributed by atoms with van der Waals surface area (Å²) in [5.41, 5.74) is 6.43. The number of aliphatic hydroxyl groups excluding tert-OH is 1. The number of hydrogen-bond acceptors (Lipinski definition) is 5. The average Bonchev–Trinajstić information content (AvgIpc) is 3.70. The second-order valence-electron chi connectivity index (χ2n) is 9.96. The Morgan fingerprint density at radius 3 is 2.38 bits per heavy atom. The van der Waals surface area contributed by atoms with Gasteiger partial charge in [0.2, 0.25) is 0 Å².